The molecule has 1 rings (SSSR count). The van der Waals surface area contributed by atoms with Crippen molar-refractivity contribution in [3.8, 4) is 0 Å². The van der Waals surface area contributed by atoms with Gasteiger partial charge in [0, 0.05) is 0 Å². The van der Waals surface area contributed by atoms with Crippen LogP contribution in [-0.4, -0.2) is 9.79 Å². The van der Waals surface area contributed by atoms with Crippen molar-refractivity contribution < 1.29 is 14.4 Å². The molecule has 12 heavy (non-hydrogen) atoms. The van der Waals surface area contributed by atoms with Crippen molar-refractivity contribution in [2.75, 3.05) is 0 Å². The van der Waals surface area contributed by atoms with Crippen LogP contribution in [0.1, 0.15) is 5.56 Å². The minimum Gasteiger partial charge on any atom is -0.324 e. The lowest BCUT2D eigenvalue weighted by atomic mass is 10.4. The molecule has 0 aliphatic heterocycles. The molecule has 0 aliphatic rings. The maximum absolute atomic E-state index is 10.6. The summed E-state index contributed by atoms with van der Waals surface area (Å²) >= 11 is 7.84. The van der Waals surface area contributed by atoms with Crippen molar-refractivity contribution in [1.29, 1.82) is 0 Å². The first-order valence-corrected chi connectivity index (χ1v) is 7.07. The van der Waals surface area contributed by atoms with Gasteiger partial charge in [0.25, 0.3) is 0 Å². The van der Waals surface area contributed by atoms with E-state index >= 15 is 0 Å². The van der Waals surface area contributed by atoms with E-state index in [0.717, 1.165) is 7.57 Å². The van der Waals surface area contributed by atoms with Crippen molar-refractivity contribution in [3.05, 3.63) is 19.2 Å². The zero-order valence-corrected chi connectivity index (χ0v) is 10.6. The molecular formula is C5H5Br2O3PS. The van der Waals surface area contributed by atoms with E-state index in [4.69, 9.17) is 9.79 Å². The first-order valence-electron chi connectivity index (χ1n) is 2.87. The number of thiophene rings is 1. The van der Waals surface area contributed by atoms with Crippen LogP contribution in [0.4, 0.5) is 0 Å². The third-order valence-corrected chi connectivity index (χ3v) is 4.32. The molecule has 0 aliphatic carbocycles. The van der Waals surface area contributed by atoms with Crippen LogP contribution < -0.4 is 0 Å². The van der Waals surface area contributed by atoms with E-state index < -0.39 is 7.60 Å². The highest BCUT2D eigenvalue weighted by atomic mass is 79.9. The Bertz CT molecular complexity index is 331. The quantitative estimate of drug-likeness (QED) is 0.817. The van der Waals surface area contributed by atoms with Crippen LogP contribution in [0.3, 0.4) is 0 Å². The van der Waals surface area contributed by atoms with Crippen LogP contribution in [0.2, 0.25) is 0 Å². The number of hydrogen-bond acceptors (Lipinski definition) is 2. The van der Waals surface area contributed by atoms with Gasteiger partial charge in [0.15, 0.2) is 0 Å². The first-order chi connectivity index (χ1) is 5.38. The molecule has 0 saturated heterocycles. The van der Waals surface area contributed by atoms with Crippen molar-refractivity contribution >= 4 is 50.8 Å². The first kappa shape index (κ1) is 10.9. The molecule has 0 spiro atoms. The monoisotopic (exact) mass is 334 g/mol. The van der Waals surface area contributed by atoms with E-state index in [1.165, 1.54) is 11.3 Å². The van der Waals surface area contributed by atoms with Crippen LogP contribution in [0.25, 0.3) is 0 Å². The normalized spacial score (nSPS) is 12.0. The summed E-state index contributed by atoms with van der Waals surface area (Å²) in [4.78, 5) is 17.4. The zero-order valence-electron chi connectivity index (χ0n) is 5.70. The Kier molecular flexibility index (Phi) is 3.54. The van der Waals surface area contributed by atoms with Crippen molar-refractivity contribution in [1.82, 2.24) is 0 Å². The Hall–Kier alpha value is 0.810. The summed E-state index contributed by atoms with van der Waals surface area (Å²) in [6.45, 7) is 0. The minimum absolute atomic E-state index is 0.213. The van der Waals surface area contributed by atoms with E-state index in [1.54, 1.807) is 6.07 Å². The van der Waals surface area contributed by atoms with Gasteiger partial charge >= 0.3 is 7.60 Å². The SMILES string of the molecule is O=P(O)(O)Cc1cc(Br)sc1Br. The fraction of sp³-hybridized carbons (Fsp3) is 0.200. The zero-order chi connectivity index (χ0) is 9.35. The summed E-state index contributed by atoms with van der Waals surface area (Å²) in [7, 11) is -3.95. The molecule has 0 fully saturated rings. The van der Waals surface area contributed by atoms with Crippen molar-refractivity contribution in [2.24, 2.45) is 0 Å². The molecular weight excluding hydrogens is 331 g/mol. The van der Waals surface area contributed by atoms with Gasteiger partial charge in [-0.05, 0) is 43.5 Å². The summed E-state index contributed by atoms with van der Waals surface area (Å²) in [6.07, 6.45) is -0.213. The maximum atomic E-state index is 10.6. The van der Waals surface area contributed by atoms with Crippen LogP contribution in [0, 0.1) is 0 Å². The fourth-order valence-corrected chi connectivity index (χ4v) is 4.55. The molecule has 1 aromatic heterocycles. The van der Waals surface area contributed by atoms with Crippen LogP contribution >= 0.6 is 50.8 Å². The van der Waals surface area contributed by atoms with E-state index in [0.29, 0.717) is 5.56 Å². The summed E-state index contributed by atoms with van der Waals surface area (Å²) in [5.74, 6) is 0. The second-order valence-corrected chi connectivity index (χ2v) is 7.57. The van der Waals surface area contributed by atoms with Crippen molar-refractivity contribution in [3.63, 3.8) is 0 Å². The van der Waals surface area contributed by atoms with E-state index in [2.05, 4.69) is 31.9 Å². The Morgan fingerprint density at radius 3 is 2.42 bits per heavy atom. The maximum Gasteiger partial charge on any atom is 0.329 e. The molecule has 0 bridgehead atoms. The van der Waals surface area contributed by atoms with Crippen molar-refractivity contribution in [2.45, 2.75) is 6.16 Å². The van der Waals surface area contributed by atoms with Gasteiger partial charge in [-0.2, -0.15) is 0 Å². The molecule has 0 atom stereocenters. The lowest BCUT2D eigenvalue weighted by Crippen LogP contribution is -1.83. The topological polar surface area (TPSA) is 57.5 Å². The van der Waals surface area contributed by atoms with Gasteiger partial charge < -0.3 is 9.79 Å². The van der Waals surface area contributed by atoms with Gasteiger partial charge in [0.1, 0.15) is 0 Å². The molecule has 0 amide bonds. The summed E-state index contributed by atoms with van der Waals surface area (Å²) < 4.78 is 12.2. The standard InChI is InChI=1S/C5H5Br2O3PS/c6-4-1-3(5(7)12-4)2-11(8,9)10/h1H,2H2,(H2,8,9,10). The molecule has 0 saturated carbocycles. The molecule has 0 radical (unpaired) electrons. The fourth-order valence-electron chi connectivity index (χ4n) is 0.704. The second kappa shape index (κ2) is 3.90. The molecule has 1 aromatic rings. The van der Waals surface area contributed by atoms with E-state index in [9.17, 15) is 4.57 Å². The molecule has 0 aromatic carbocycles. The second-order valence-electron chi connectivity index (χ2n) is 2.17. The number of hydrogen-bond donors (Lipinski definition) is 2. The molecule has 7 heteroatoms. The van der Waals surface area contributed by atoms with E-state index in [-0.39, 0.29) is 6.16 Å². The number of rotatable bonds is 2. The average Bonchev–Trinajstić information content (AvgIpc) is 2.06. The predicted molar refractivity (Wildman–Crippen MR) is 55.5 cm³/mol. The van der Waals surface area contributed by atoms with Gasteiger partial charge in [-0.1, -0.05) is 0 Å². The molecule has 3 nitrogen and oxygen atoms in total. The average molecular weight is 336 g/mol. The lowest BCUT2D eigenvalue weighted by molar-refractivity contribution is 0.371. The van der Waals surface area contributed by atoms with Crippen LogP contribution in [0.15, 0.2) is 13.6 Å². The third-order valence-electron chi connectivity index (χ3n) is 1.10. The molecule has 0 unspecified atom stereocenters. The Balaban J connectivity index is 2.90. The van der Waals surface area contributed by atoms with Gasteiger partial charge in [-0.25, -0.2) is 0 Å². The predicted octanol–water partition coefficient (Wildman–Crippen LogP) is 2.95. The summed E-state index contributed by atoms with van der Waals surface area (Å²) in [6, 6.07) is 1.70. The van der Waals surface area contributed by atoms with Gasteiger partial charge in [-0.3, -0.25) is 4.57 Å². The van der Waals surface area contributed by atoms with Crippen LogP contribution in [-0.2, 0) is 10.7 Å². The third kappa shape index (κ3) is 3.28. The smallest absolute Gasteiger partial charge is 0.324 e. The summed E-state index contributed by atoms with van der Waals surface area (Å²) in [5.41, 5.74) is 0.639. The Morgan fingerprint density at radius 2 is 2.08 bits per heavy atom. The van der Waals surface area contributed by atoms with Gasteiger partial charge in [0.05, 0.1) is 13.7 Å². The molecule has 68 valence electrons. The van der Waals surface area contributed by atoms with Gasteiger partial charge in [0.2, 0.25) is 0 Å². The van der Waals surface area contributed by atoms with Gasteiger partial charge in [-0.15, -0.1) is 11.3 Å². The summed E-state index contributed by atoms with van der Waals surface area (Å²) in [5, 5.41) is 0. The molecule has 1 heterocycles. The highest BCUT2D eigenvalue weighted by Crippen LogP contribution is 2.44. The Morgan fingerprint density at radius 1 is 1.50 bits per heavy atom. The molecule has 2 N–H and O–H groups in total. The lowest BCUT2D eigenvalue weighted by Gasteiger charge is -2.00. The van der Waals surface area contributed by atoms with E-state index in [1.807, 2.05) is 0 Å². The Labute approximate surface area is 90.2 Å². The highest BCUT2D eigenvalue weighted by molar-refractivity contribution is 9.12. The number of halogens is 2. The largest absolute Gasteiger partial charge is 0.329 e. The minimum atomic E-state index is -3.95. The highest BCUT2D eigenvalue weighted by Gasteiger charge is 2.17. The van der Waals surface area contributed by atoms with Crippen LogP contribution in [0.5, 0.6) is 0 Å².